The van der Waals surface area contributed by atoms with Crippen LogP contribution in [0.1, 0.15) is 36.0 Å². The van der Waals surface area contributed by atoms with Crippen molar-refractivity contribution >= 4 is 12.6 Å². The first-order valence-electron chi connectivity index (χ1n) is 6.15. The molecule has 0 radical (unpaired) electrons. The van der Waals surface area contributed by atoms with Gasteiger partial charge >= 0.3 is 0 Å². The molecule has 0 saturated carbocycles. The van der Waals surface area contributed by atoms with Gasteiger partial charge < -0.3 is 4.74 Å². The van der Waals surface area contributed by atoms with Crippen molar-refractivity contribution < 1.29 is 14.3 Å². The number of benzene rings is 1. The van der Waals surface area contributed by atoms with Gasteiger partial charge in [-0.25, -0.2) is 0 Å². The van der Waals surface area contributed by atoms with E-state index in [9.17, 15) is 9.59 Å². The second-order valence-electron chi connectivity index (χ2n) is 3.95. The van der Waals surface area contributed by atoms with Crippen LogP contribution in [0.4, 0.5) is 0 Å². The molecule has 0 heterocycles. The summed E-state index contributed by atoms with van der Waals surface area (Å²) in [6.07, 6.45) is 9.10. The van der Waals surface area contributed by atoms with Crippen molar-refractivity contribution in [2.45, 2.75) is 25.7 Å². The van der Waals surface area contributed by atoms with E-state index < -0.39 is 0 Å². The standard InChI is InChI=1S/C15H18O3/c16-11-5-3-1-2-4-6-12-18-15-9-7-14(13-17)8-10-15/h3,5,7-11,13H,1-2,4,6,12H2/b5-3+. The van der Waals surface area contributed by atoms with Crippen molar-refractivity contribution in [2.75, 3.05) is 6.61 Å². The molecule has 0 fully saturated rings. The van der Waals surface area contributed by atoms with Crippen LogP contribution in [-0.4, -0.2) is 19.2 Å². The molecule has 0 unspecified atom stereocenters. The third-order valence-electron chi connectivity index (χ3n) is 2.51. The molecule has 0 saturated heterocycles. The van der Waals surface area contributed by atoms with Gasteiger partial charge in [0.25, 0.3) is 0 Å². The Morgan fingerprint density at radius 3 is 2.44 bits per heavy atom. The number of carbonyl (C=O) groups excluding carboxylic acids is 2. The molecule has 1 rings (SSSR count). The van der Waals surface area contributed by atoms with Crippen LogP contribution in [-0.2, 0) is 4.79 Å². The smallest absolute Gasteiger partial charge is 0.150 e. The van der Waals surface area contributed by atoms with Crippen molar-refractivity contribution in [3.8, 4) is 5.75 Å². The van der Waals surface area contributed by atoms with Crippen molar-refractivity contribution in [3.05, 3.63) is 42.0 Å². The van der Waals surface area contributed by atoms with Gasteiger partial charge in [-0.3, -0.25) is 9.59 Å². The van der Waals surface area contributed by atoms with Gasteiger partial charge in [0, 0.05) is 5.56 Å². The molecule has 0 amide bonds. The summed E-state index contributed by atoms with van der Waals surface area (Å²) in [6.45, 7) is 0.678. The fraction of sp³-hybridized carbons (Fsp3) is 0.333. The van der Waals surface area contributed by atoms with E-state index in [1.165, 1.54) is 6.08 Å². The Labute approximate surface area is 107 Å². The summed E-state index contributed by atoms with van der Waals surface area (Å²) in [6, 6.07) is 7.09. The summed E-state index contributed by atoms with van der Waals surface area (Å²) in [4.78, 5) is 20.5. The van der Waals surface area contributed by atoms with Crippen LogP contribution in [0.25, 0.3) is 0 Å². The van der Waals surface area contributed by atoms with E-state index in [0.29, 0.717) is 12.2 Å². The fourth-order valence-corrected chi connectivity index (χ4v) is 1.53. The quantitative estimate of drug-likeness (QED) is 0.382. The molecule has 0 aliphatic carbocycles. The van der Waals surface area contributed by atoms with E-state index in [2.05, 4.69) is 0 Å². The highest BCUT2D eigenvalue weighted by atomic mass is 16.5. The topological polar surface area (TPSA) is 43.4 Å². The number of allylic oxidation sites excluding steroid dienone is 2. The number of ether oxygens (including phenoxy) is 1. The Hall–Kier alpha value is -1.90. The normalized spacial score (nSPS) is 10.4. The lowest BCUT2D eigenvalue weighted by atomic mass is 10.2. The summed E-state index contributed by atoms with van der Waals surface area (Å²) in [5.41, 5.74) is 0.657. The largest absolute Gasteiger partial charge is 0.494 e. The summed E-state index contributed by atoms with van der Waals surface area (Å²) < 4.78 is 5.54. The van der Waals surface area contributed by atoms with Gasteiger partial charge in [0.1, 0.15) is 18.3 Å². The zero-order valence-electron chi connectivity index (χ0n) is 10.4. The van der Waals surface area contributed by atoms with Crippen molar-refractivity contribution in [1.29, 1.82) is 0 Å². The SMILES string of the molecule is O=C/C=C/CCCCCOc1ccc(C=O)cc1. The van der Waals surface area contributed by atoms with Crippen molar-refractivity contribution in [3.63, 3.8) is 0 Å². The minimum Gasteiger partial charge on any atom is -0.494 e. The van der Waals surface area contributed by atoms with Crippen LogP contribution in [0, 0.1) is 0 Å². The molecule has 3 nitrogen and oxygen atoms in total. The van der Waals surface area contributed by atoms with Gasteiger partial charge in [-0.15, -0.1) is 0 Å². The highest BCUT2D eigenvalue weighted by molar-refractivity contribution is 5.74. The molecule has 0 spiro atoms. The maximum absolute atomic E-state index is 10.5. The Balaban J connectivity index is 2.08. The van der Waals surface area contributed by atoms with E-state index in [-0.39, 0.29) is 0 Å². The molecule has 0 aliphatic rings. The molecular weight excluding hydrogens is 228 g/mol. The monoisotopic (exact) mass is 246 g/mol. The van der Waals surface area contributed by atoms with Gasteiger partial charge in [-0.05, 0) is 56.0 Å². The lowest BCUT2D eigenvalue weighted by molar-refractivity contribution is -0.104. The van der Waals surface area contributed by atoms with Gasteiger partial charge in [0.2, 0.25) is 0 Å². The number of hydrogen-bond acceptors (Lipinski definition) is 3. The van der Waals surface area contributed by atoms with E-state index in [4.69, 9.17) is 4.74 Å². The summed E-state index contributed by atoms with van der Waals surface area (Å²) in [7, 11) is 0. The highest BCUT2D eigenvalue weighted by Crippen LogP contribution is 2.12. The molecule has 1 aromatic carbocycles. The maximum atomic E-state index is 10.5. The minimum absolute atomic E-state index is 0.657. The molecule has 96 valence electrons. The third-order valence-corrected chi connectivity index (χ3v) is 2.51. The summed E-state index contributed by atoms with van der Waals surface area (Å²) in [5, 5.41) is 0. The van der Waals surface area contributed by atoms with Crippen molar-refractivity contribution in [1.82, 2.24) is 0 Å². The first-order chi connectivity index (χ1) is 8.86. The third kappa shape index (κ3) is 5.99. The Morgan fingerprint density at radius 2 is 1.78 bits per heavy atom. The Bertz CT molecular complexity index is 379. The molecule has 18 heavy (non-hydrogen) atoms. The average molecular weight is 246 g/mol. The predicted octanol–water partition coefficient (Wildman–Crippen LogP) is 3.19. The van der Waals surface area contributed by atoms with E-state index >= 15 is 0 Å². The lowest BCUT2D eigenvalue weighted by Gasteiger charge is -2.05. The van der Waals surface area contributed by atoms with Gasteiger partial charge in [-0.2, -0.15) is 0 Å². The number of carbonyl (C=O) groups is 2. The molecular formula is C15H18O3. The number of unbranched alkanes of at least 4 members (excludes halogenated alkanes) is 3. The van der Waals surface area contributed by atoms with Crippen LogP contribution in [0.2, 0.25) is 0 Å². The Kier molecular flexibility index (Phi) is 7.21. The average Bonchev–Trinajstić information content (AvgIpc) is 2.42. The van der Waals surface area contributed by atoms with E-state index in [1.807, 2.05) is 6.08 Å². The van der Waals surface area contributed by atoms with Crippen LogP contribution >= 0.6 is 0 Å². The Morgan fingerprint density at radius 1 is 1.00 bits per heavy atom. The lowest BCUT2D eigenvalue weighted by Crippen LogP contribution is -1.97. The molecule has 0 aromatic heterocycles. The minimum atomic E-state index is 0.657. The van der Waals surface area contributed by atoms with Crippen LogP contribution in [0.15, 0.2) is 36.4 Å². The fourth-order valence-electron chi connectivity index (χ4n) is 1.53. The van der Waals surface area contributed by atoms with Crippen molar-refractivity contribution in [2.24, 2.45) is 0 Å². The molecule has 1 aromatic rings. The van der Waals surface area contributed by atoms with E-state index in [0.717, 1.165) is 44.0 Å². The van der Waals surface area contributed by atoms with Gasteiger partial charge in [-0.1, -0.05) is 6.08 Å². The zero-order chi connectivity index (χ0) is 13.1. The first kappa shape index (κ1) is 14.2. The number of rotatable bonds is 9. The molecule has 0 bridgehead atoms. The highest BCUT2D eigenvalue weighted by Gasteiger charge is 1.94. The van der Waals surface area contributed by atoms with Crippen LogP contribution in [0.3, 0.4) is 0 Å². The second-order valence-corrected chi connectivity index (χ2v) is 3.95. The second kappa shape index (κ2) is 9.16. The van der Waals surface area contributed by atoms with Gasteiger partial charge in [0.05, 0.1) is 6.61 Å². The van der Waals surface area contributed by atoms with Crippen LogP contribution < -0.4 is 4.74 Å². The predicted molar refractivity (Wildman–Crippen MR) is 71.0 cm³/mol. The molecule has 0 atom stereocenters. The molecule has 0 aliphatic heterocycles. The first-order valence-corrected chi connectivity index (χ1v) is 6.15. The zero-order valence-corrected chi connectivity index (χ0v) is 10.4. The summed E-state index contributed by atoms with van der Waals surface area (Å²) in [5.74, 6) is 0.793. The van der Waals surface area contributed by atoms with Crippen LogP contribution in [0.5, 0.6) is 5.75 Å². The molecule has 3 heteroatoms. The summed E-state index contributed by atoms with van der Waals surface area (Å²) >= 11 is 0. The maximum Gasteiger partial charge on any atom is 0.150 e. The van der Waals surface area contributed by atoms with E-state index in [1.54, 1.807) is 24.3 Å². The number of hydrogen-bond donors (Lipinski definition) is 0. The van der Waals surface area contributed by atoms with Gasteiger partial charge in [0.15, 0.2) is 0 Å². The molecule has 0 N–H and O–H groups in total. The number of aldehydes is 2.